The van der Waals surface area contributed by atoms with E-state index in [4.69, 9.17) is 5.11 Å². The zero-order valence-corrected chi connectivity index (χ0v) is 10.1. The molecule has 80 valence electrons. The molecule has 1 N–H and O–H groups in total. The molecular formula is C11H10FIO2. The highest BCUT2D eigenvalue weighted by Gasteiger charge is 2.38. The van der Waals surface area contributed by atoms with Crippen molar-refractivity contribution in [3.8, 4) is 0 Å². The molecule has 2 rings (SSSR count). The van der Waals surface area contributed by atoms with E-state index in [0.29, 0.717) is 9.13 Å². The lowest BCUT2D eigenvalue weighted by Gasteiger charge is -2.13. The number of rotatable bonds is 3. The summed E-state index contributed by atoms with van der Waals surface area (Å²) in [4.78, 5) is 11.1. The average Bonchev–Trinajstić information content (AvgIpc) is 2.96. The molecule has 1 aromatic carbocycles. The minimum Gasteiger partial charge on any atom is -0.481 e. The number of carbonyl (C=O) groups is 1. The third-order valence-corrected chi connectivity index (χ3v) is 3.51. The molecule has 1 aliphatic carbocycles. The molecule has 0 bridgehead atoms. The van der Waals surface area contributed by atoms with Crippen molar-refractivity contribution in [3.05, 3.63) is 33.1 Å². The molecule has 0 spiro atoms. The molecule has 1 saturated carbocycles. The Morgan fingerprint density at radius 3 is 2.73 bits per heavy atom. The van der Waals surface area contributed by atoms with Gasteiger partial charge in [0, 0.05) is 9.13 Å². The van der Waals surface area contributed by atoms with Gasteiger partial charge in [-0.3, -0.25) is 4.79 Å². The number of carboxylic acids is 1. The molecule has 0 aromatic heterocycles. The van der Waals surface area contributed by atoms with Crippen LogP contribution < -0.4 is 0 Å². The van der Waals surface area contributed by atoms with E-state index in [1.165, 1.54) is 0 Å². The second kappa shape index (κ2) is 4.08. The van der Waals surface area contributed by atoms with E-state index in [-0.39, 0.29) is 11.7 Å². The van der Waals surface area contributed by atoms with Gasteiger partial charge in [0.15, 0.2) is 0 Å². The van der Waals surface area contributed by atoms with E-state index in [2.05, 4.69) is 0 Å². The van der Waals surface area contributed by atoms with Crippen LogP contribution in [0.1, 0.15) is 24.3 Å². The van der Waals surface area contributed by atoms with Gasteiger partial charge in [0.05, 0.1) is 5.92 Å². The fourth-order valence-electron chi connectivity index (χ4n) is 1.78. The molecule has 0 aliphatic heterocycles. The zero-order valence-electron chi connectivity index (χ0n) is 7.91. The quantitative estimate of drug-likeness (QED) is 0.870. The van der Waals surface area contributed by atoms with Crippen LogP contribution in [0.25, 0.3) is 0 Å². The molecule has 4 heteroatoms. The molecule has 1 fully saturated rings. The minimum atomic E-state index is -0.918. The first-order valence-corrected chi connectivity index (χ1v) is 5.86. The van der Waals surface area contributed by atoms with E-state index < -0.39 is 11.9 Å². The maximum atomic E-state index is 13.7. The van der Waals surface area contributed by atoms with Crippen LogP contribution in [-0.4, -0.2) is 11.1 Å². The summed E-state index contributed by atoms with van der Waals surface area (Å²) in [6.45, 7) is 0. The molecule has 0 amide bonds. The summed E-state index contributed by atoms with van der Waals surface area (Å²) < 4.78 is 14.2. The maximum Gasteiger partial charge on any atom is 0.311 e. The monoisotopic (exact) mass is 320 g/mol. The number of aliphatic carboxylic acids is 1. The van der Waals surface area contributed by atoms with Crippen molar-refractivity contribution in [2.24, 2.45) is 5.92 Å². The smallest absolute Gasteiger partial charge is 0.311 e. The Hall–Kier alpha value is -0.650. The first-order chi connectivity index (χ1) is 7.11. The Balaban J connectivity index is 2.41. The van der Waals surface area contributed by atoms with Crippen LogP contribution in [0.2, 0.25) is 0 Å². The lowest BCUT2D eigenvalue weighted by atomic mass is 9.94. The van der Waals surface area contributed by atoms with E-state index in [9.17, 15) is 9.18 Å². The van der Waals surface area contributed by atoms with Gasteiger partial charge in [0.1, 0.15) is 5.82 Å². The highest BCUT2D eigenvalue weighted by Crippen LogP contribution is 2.43. The van der Waals surface area contributed by atoms with Crippen molar-refractivity contribution in [3.63, 3.8) is 0 Å². The maximum absolute atomic E-state index is 13.7. The second-order valence-electron chi connectivity index (χ2n) is 3.80. The lowest BCUT2D eigenvalue weighted by molar-refractivity contribution is -0.139. The largest absolute Gasteiger partial charge is 0.481 e. The van der Waals surface area contributed by atoms with Crippen molar-refractivity contribution in [2.45, 2.75) is 18.8 Å². The molecule has 1 atom stereocenters. The van der Waals surface area contributed by atoms with E-state index in [0.717, 1.165) is 12.8 Å². The summed E-state index contributed by atoms with van der Waals surface area (Å²) in [6.07, 6.45) is 1.78. The fraction of sp³-hybridized carbons (Fsp3) is 0.364. The molecule has 1 unspecified atom stereocenters. The van der Waals surface area contributed by atoms with Crippen LogP contribution in [0.3, 0.4) is 0 Å². The molecule has 1 aliphatic rings. The SMILES string of the molecule is O=C(O)C(c1cccc(I)c1F)C1CC1. The second-order valence-corrected chi connectivity index (χ2v) is 4.96. The molecule has 0 radical (unpaired) electrons. The van der Waals surface area contributed by atoms with Gasteiger partial charge < -0.3 is 5.11 Å². The number of hydrogen-bond donors (Lipinski definition) is 1. The molecule has 2 nitrogen and oxygen atoms in total. The van der Waals surface area contributed by atoms with Gasteiger partial charge >= 0.3 is 5.97 Å². The van der Waals surface area contributed by atoms with E-state index >= 15 is 0 Å². The molecule has 0 saturated heterocycles. The molecule has 1 aromatic rings. The summed E-state index contributed by atoms with van der Waals surface area (Å²) in [5, 5.41) is 9.08. The Labute approximate surface area is 101 Å². The zero-order chi connectivity index (χ0) is 11.0. The van der Waals surface area contributed by atoms with E-state index in [1.807, 2.05) is 22.6 Å². The minimum absolute atomic E-state index is 0.121. The Bertz CT molecular complexity index is 402. The number of benzene rings is 1. The summed E-state index contributed by atoms with van der Waals surface area (Å²) in [6, 6.07) is 4.93. The van der Waals surface area contributed by atoms with Crippen LogP contribution in [0.5, 0.6) is 0 Å². The van der Waals surface area contributed by atoms with Gasteiger partial charge in [-0.2, -0.15) is 0 Å². The summed E-state index contributed by atoms with van der Waals surface area (Å²) in [7, 11) is 0. The molecular weight excluding hydrogens is 310 g/mol. The molecule has 0 heterocycles. The van der Waals surface area contributed by atoms with Crippen LogP contribution in [0.15, 0.2) is 18.2 Å². The van der Waals surface area contributed by atoms with Crippen molar-refractivity contribution >= 4 is 28.6 Å². The van der Waals surface area contributed by atoms with Gasteiger partial charge in [-0.1, -0.05) is 12.1 Å². The van der Waals surface area contributed by atoms with Gasteiger partial charge in [0.2, 0.25) is 0 Å². The third kappa shape index (κ3) is 2.14. The molecule has 15 heavy (non-hydrogen) atoms. The standard InChI is InChI=1S/C11H10FIO2/c12-10-7(2-1-3-8(10)13)9(11(14)15)6-4-5-6/h1-3,6,9H,4-5H2,(H,14,15). The Morgan fingerprint density at radius 1 is 1.53 bits per heavy atom. The summed E-state index contributed by atoms with van der Waals surface area (Å²) in [5.41, 5.74) is 0.330. The highest BCUT2D eigenvalue weighted by atomic mass is 127. The number of carboxylic acid groups (broad SMARTS) is 1. The predicted octanol–water partition coefficient (Wildman–Crippen LogP) is 3.01. The topological polar surface area (TPSA) is 37.3 Å². The van der Waals surface area contributed by atoms with Gasteiger partial charge in [-0.15, -0.1) is 0 Å². The first-order valence-electron chi connectivity index (χ1n) is 4.78. The highest BCUT2D eigenvalue weighted by molar-refractivity contribution is 14.1. The number of hydrogen-bond acceptors (Lipinski definition) is 1. The number of halogens is 2. The van der Waals surface area contributed by atoms with Crippen LogP contribution in [0.4, 0.5) is 4.39 Å². The Morgan fingerprint density at radius 2 is 2.20 bits per heavy atom. The van der Waals surface area contributed by atoms with Gasteiger partial charge in [-0.25, -0.2) is 4.39 Å². The first kappa shape index (κ1) is 10.9. The summed E-state index contributed by atoms with van der Waals surface area (Å²) >= 11 is 1.88. The van der Waals surface area contributed by atoms with Gasteiger partial charge in [-0.05, 0) is 47.4 Å². The lowest BCUT2D eigenvalue weighted by Crippen LogP contribution is -2.15. The van der Waals surface area contributed by atoms with Crippen LogP contribution in [0, 0.1) is 15.3 Å². The third-order valence-electron chi connectivity index (χ3n) is 2.68. The fourth-order valence-corrected chi connectivity index (χ4v) is 2.30. The average molecular weight is 320 g/mol. The van der Waals surface area contributed by atoms with Crippen LogP contribution in [-0.2, 0) is 4.79 Å². The van der Waals surface area contributed by atoms with Crippen molar-refractivity contribution in [1.29, 1.82) is 0 Å². The van der Waals surface area contributed by atoms with Gasteiger partial charge in [0.25, 0.3) is 0 Å². The normalized spacial score (nSPS) is 17.5. The van der Waals surface area contributed by atoms with E-state index in [1.54, 1.807) is 18.2 Å². The van der Waals surface area contributed by atoms with Crippen molar-refractivity contribution in [1.82, 2.24) is 0 Å². The van der Waals surface area contributed by atoms with Crippen LogP contribution >= 0.6 is 22.6 Å². The predicted molar refractivity (Wildman–Crippen MR) is 62.2 cm³/mol. The Kier molecular flexibility index (Phi) is 2.95. The van der Waals surface area contributed by atoms with Crippen molar-refractivity contribution < 1.29 is 14.3 Å². The summed E-state index contributed by atoms with van der Waals surface area (Å²) in [5.74, 6) is -1.84. The van der Waals surface area contributed by atoms with Crippen molar-refractivity contribution in [2.75, 3.05) is 0 Å².